The Morgan fingerprint density at radius 1 is 1.42 bits per heavy atom. The average Bonchev–Trinajstić information content (AvgIpc) is 3.09. The number of carbonyl (C=O) groups excluding carboxylic acids is 1. The third kappa shape index (κ3) is 2.37. The van der Waals surface area contributed by atoms with Crippen molar-refractivity contribution in [2.45, 2.75) is 26.2 Å². The minimum atomic E-state index is -0.146. The van der Waals surface area contributed by atoms with Gasteiger partial charge in [0.25, 0.3) is 5.91 Å². The number of fused-ring (bicyclic) bond motifs is 1. The minimum absolute atomic E-state index is 0.0985. The number of amides is 1. The molecule has 3 rings (SSSR count). The highest BCUT2D eigenvalue weighted by Crippen LogP contribution is 2.21. The number of hydrogen-bond donors (Lipinski definition) is 2. The number of ether oxygens (including phenoxy) is 1. The molecule has 1 amide bonds. The first-order valence-corrected chi connectivity index (χ1v) is 6.24. The maximum Gasteiger partial charge on any atom is 0.251 e. The van der Waals surface area contributed by atoms with E-state index < -0.39 is 0 Å². The lowest BCUT2D eigenvalue weighted by atomic mass is 10.1. The van der Waals surface area contributed by atoms with E-state index in [0.29, 0.717) is 18.8 Å². The predicted octanol–water partition coefficient (Wildman–Crippen LogP) is 1.93. The first kappa shape index (κ1) is 11.9. The molecule has 0 fully saturated rings. The van der Waals surface area contributed by atoms with Gasteiger partial charge in [0.1, 0.15) is 5.82 Å². The van der Waals surface area contributed by atoms with Crippen LogP contribution in [0.4, 0.5) is 0 Å². The Balaban J connectivity index is 1.74. The summed E-state index contributed by atoms with van der Waals surface area (Å²) in [6, 6.07) is 5.53. The second-order valence-corrected chi connectivity index (χ2v) is 4.65. The van der Waals surface area contributed by atoms with E-state index in [0.717, 1.165) is 17.0 Å². The van der Waals surface area contributed by atoms with Gasteiger partial charge in [0.2, 0.25) is 0 Å². The van der Waals surface area contributed by atoms with Crippen LogP contribution in [-0.2, 0) is 18.0 Å². The minimum Gasteiger partial charge on any atom is -0.372 e. The van der Waals surface area contributed by atoms with Gasteiger partial charge in [-0.15, -0.1) is 0 Å². The first-order valence-electron chi connectivity index (χ1n) is 6.24. The van der Waals surface area contributed by atoms with Gasteiger partial charge in [0.15, 0.2) is 0 Å². The van der Waals surface area contributed by atoms with Crippen molar-refractivity contribution in [2.75, 3.05) is 0 Å². The number of rotatable bonds is 3. The summed E-state index contributed by atoms with van der Waals surface area (Å²) >= 11 is 0. The Bertz CT molecular complexity index is 593. The fourth-order valence-corrected chi connectivity index (χ4v) is 2.18. The zero-order valence-corrected chi connectivity index (χ0v) is 10.6. The van der Waals surface area contributed by atoms with Crippen LogP contribution in [0.25, 0.3) is 0 Å². The van der Waals surface area contributed by atoms with E-state index >= 15 is 0 Å². The molecule has 19 heavy (non-hydrogen) atoms. The van der Waals surface area contributed by atoms with Crippen LogP contribution in [0.2, 0.25) is 0 Å². The lowest BCUT2D eigenvalue weighted by Crippen LogP contribution is -2.27. The summed E-state index contributed by atoms with van der Waals surface area (Å²) in [5.41, 5.74) is 2.91. The summed E-state index contributed by atoms with van der Waals surface area (Å²) in [4.78, 5) is 19.3. The van der Waals surface area contributed by atoms with E-state index in [1.54, 1.807) is 12.4 Å². The highest BCUT2D eigenvalue weighted by Gasteiger charge is 2.16. The zero-order chi connectivity index (χ0) is 13.2. The lowest BCUT2D eigenvalue weighted by Gasteiger charge is -2.12. The summed E-state index contributed by atoms with van der Waals surface area (Å²) in [6.07, 6.45) is 3.41. The maximum absolute atomic E-state index is 12.2. The number of imidazole rings is 1. The van der Waals surface area contributed by atoms with Crippen LogP contribution in [0.1, 0.15) is 40.3 Å². The molecule has 1 aromatic carbocycles. The third-order valence-electron chi connectivity index (χ3n) is 3.26. The lowest BCUT2D eigenvalue weighted by molar-refractivity contribution is 0.0938. The summed E-state index contributed by atoms with van der Waals surface area (Å²) in [5, 5.41) is 2.92. The molecule has 1 unspecified atom stereocenters. The molecule has 5 nitrogen and oxygen atoms in total. The number of carbonyl (C=O) groups is 1. The normalized spacial score (nSPS) is 15.0. The van der Waals surface area contributed by atoms with Crippen molar-refractivity contribution in [2.24, 2.45) is 0 Å². The molecule has 0 spiro atoms. The van der Waals surface area contributed by atoms with E-state index in [-0.39, 0.29) is 11.9 Å². The predicted molar refractivity (Wildman–Crippen MR) is 69.4 cm³/mol. The van der Waals surface area contributed by atoms with Gasteiger partial charge in [-0.2, -0.15) is 0 Å². The highest BCUT2D eigenvalue weighted by atomic mass is 16.5. The number of aromatic amines is 1. The first-order chi connectivity index (χ1) is 9.24. The van der Waals surface area contributed by atoms with Crippen LogP contribution in [-0.4, -0.2) is 15.9 Å². The molecule has 2 N–H and O–H groups in total. The van der Waals surface area contributed by atoms with Crippen molar-refractivity contribution in [3.05, 3.63) is 53.1 Å². The molecule has 0 aliphatic carbocycles. The number of benzene rings is 1. The van der Waals surface area contributed by atoms with Crippen molar-refractivity contribution >= 4 is 5.91 Å². The van der Waals surface area contributed by atoms with Gasteiger partial charge in [-0.3, -0.25) is 4.79 Å². The topological polar surface area (TPSA) is 67.0 Å². The largest absolute Gasteiger partial charge is 0.372 e. The van der Waals surface area contributed by atoms with Crippen LogP contribution >= 0.6 is 0 Å². The molecule has 2 heterocycles. The second-order valence-electron chi connectivity index (χ2n) is 4.65. The molecule has 2 aromatic rings. The smallest absolute Gasteiger partial charge is 0.251 e. The zero-order valence-electron chi connectivity index (χ0n) is 10.6. The van der Waals surface area contributed by atoms with Crippen molar-refractivity contribution < 1.29 is 9.53 Å². The number of hydrogen-bond acceptors (Lipinski definition) is 3. The molecule has 1 atom stereocenters. The van der Waals surface area contributed by atoms with Crippen LogP contribution < -0.4 is 5.32 Å². The molecule has 1 aromatic heterocycles. The second kappa shape index (κ2) is 4.85. The van der Waals surface area contributed by atoms with Crippen LogP contribution in [0.15, 0.2) is 30.6 Å². The van der Waals surface area contributed by atoms with Gasteiger partial charge in [0.05, 0.1) is 19.3 Å². The molecule has 0 saturated carbocycles. The molecular weight excluding hydrogens is 242 g/mol. The van der Waals surface area contributed by atoms with Gasteiger partial charge < -0.3 is 15.0 Å². The Kier molecular flexibility index (Phi) is 3.05. The third-order valence-corrected chi connectivity index (χ3v) is 3.26. The van der Waals surface area contributed by atoms with Crippen molar-refractivity contribution in [1.82, 2.24) is 15.3 Å². The van der Waals surface area contributed by atoms with Gasteiger partial charge in [0, 0.05) is 18.0 Å². The average molecular weight is 257 g/mol. The van der Waals surface area contributed by atoms with Crippen LogP contribution in [0, 0.1) is 0 Å². The summed E-state index contributed by atoms with van der Waals surface area (Å²) in [6.45, 7) is 3.12. The molecule has 98 valence electrons. The van der Waals surface area contributed by atoms with Gasteiger partial charge in [-0.05, 0) is 30.2 Å². The van der Waals surface area contributed by atoms with E-state index in [9.17, 15) is 4.79 Å². The number of aromatic nitrogens is 2. The molecule has 0 bridgehead atoms. The Morgan fingerprint density at radius 3 is 3.05 bits per heavy atom. The number of H-pyrrole nitrogens is 1. The standard InChI is InChI=1S/C14H15N3O2/c1-9(13-15-4-5-16-13)17-14(18)10-2-3-11-7-19-8-12(11)6-10/h2-6,9H,7-8H2,1H3,(H,15,16)(H,17,18). The van der Waals surface area contributed by atoms with Gasteiger partial charge in [-0.25, -0.2) is 4.98 Å². The summed E-state index contributed by atoms with van der Waals surface area (Å²) in [7, 11) is 0. The molecule has 0 radical (unpaired) electrons. The molecule has 0 saturated heterocycles. The maximum atomic E-state index is 12.2. The Labute approximate surface area is 111 Å². The summed E-state index contributed by atoms with van der Waals surface area (Å²) in [5.74, 6) is 0.649. The fraction of sp³-hybridized carbons (Fsp3) is 0.286. The number of nitrogens with zero attached hydrogens (tertiary/aromatic N) is 1. The van der Waals surface area contributed by atoms with E-state index in [1.165, 1.54) is 0 Å². The SMILES string of the molecule is CC(NC(=O)c1ccc2c(c1)COC2)c1ncc[nH]1. The van der Waals surface area contributed by atoms with Crippen molar-refractivity contribution in [3.63, 3.8) is 0 Å². The monoisotopic (exact) mass is 257 g/mol. The molecule has 5 heteroatoms. The fourth-order valence-electron chi connectivity index (χ4n) is 2.18. The van der Waals surface area contributed by atoms with Crippen LogP contribution in [0.5, 0.6) is 0 Å². The quantitative estimate of drug-likeness (QED) is 0.883. The Hall–Kier alpha value is -2.14. The highest BCUT2D eigenvalue weighted by molar-refractivity contribution is 5.94. The van der Waals surface area contributed by atoms with E-state index in [2.05, 4.69) is 15.3 Å². The molecular formula is C14H15N3O2. The van der Waals surface area contributed by atoms with E-state index in [4.69, 9.17) is 4.74 Å². The van der Waals surface area contributed by atoms with Gasteiger partial charge >= 0.3 is 0 Å². The van der Waals surface area contributed by atoms with Gasteiger partial charge in [-0.1, -0.05) is 6.07 Å². The Morgan fingerprint density at radius 2 is 2.26 bits per heavy atom. The van der Waals surface area contributed by atoms with E-state index in [1.807, 2.05) is 25.1 Å². The van der Waals surface area contributed by atoms with Crippen molar-refractivity contribution in [3.8, 4) is 0 Å². The summed E-state index contributed by atoms with van der Waals surface area (Å²) < 4.78 is 5.34. The van der Waals surface area contributed by atoms with Crippen molar-refractivity contribution in [1.29, 1.82) is 0 Å². The van der Waals surface area contributed by atoms with Crippen LogP contribution in [0.3, 0.4) is 0 Å². The number of nitrogens with one attached hydrogen (secondary N) is 2. The molecule has 1 aliphatic heterocycles. The molecule has 1 aliphatic rings.